The van der Waals surface area contributed by atoms with Crippen LogP contribution in [-0.4, -0.2) is 17.1 Å². The summed E-state index contributed by atoms with van der Waals surface area (Å²) < 4.78 is 14.8. The number of halogens is 1. The van der Waals surface area contributed by atoms with E-state index < -0.39 is 12.0 Å². The van der Waals surface area contributed by atoms with Crippen molar-refractivity contribution in [3.63, 3.8) is 0 Å². The number of rotatable bonds is 7. The van der Waals surface area contributed by atoms with E-state index in [-0.39, 0.29) is 12.2 Å². The molecule has 0 N–H and O–H groups in total. The van der Waals surface area contributed by atoms with Gasteiger partial charge in [0.05, 0.1) is 22.4 Å². The molecule has 0 saturated heterocycles. The first kappa shape index (κ1) is 27.4. The Bertz CT molecular complexity index is 1970. The van der Waals surface area contributed by atoms with Crippen LogP contribution in [0.3, 0.4) is 0 Å². The van der Waals surface area contributed by atoms with Gasteiger partial charge in [-0.15, -0.1) is 11.3 Å². The van der Waals surface area contributed by atoms with Gasteiger partial charge in [-0.1, -0.05) is 75.8 Å². The van der Waals surface area contributed by atoms with E-state index in [9.17, 15) is 9.59 Å². The van der Waals surface area contributed by atoms with E-state index in [0.29, 0.717) is 33.0 Å². The summed E-state index contributed by atoms with van der Waals surface area (Å²) in [5.74, 6) is 0.217. The third-order valence-corrected chi connectivity index (χ3v) is 9.28. The van der Waals surface area contributed by atoms with Crippen LogP contribution < -0.4 is 19.6 Å². The van der Waals surface area contributed by atoms with Crippen molar-refractivity contribution in [1.29, 1.82) is 0 Å². The fourth-order valence-corrected chi connectivity index (χ4v) is 7.05. The third kappa shape index (κ3) is 5.32. The van der Waals surface area contributed by atoms with E-state index >= 15 is 0 Å². The number of thiazole rings is 1. The molecule has 6 nitrogen and oxygen atoms in total. The molecule has 1 atom stereocenters. The van der Waals surface area contributed by atoms with Crippen molar-refractivity contribution in [1.82, 2.24) is 4.57 Å². The number of allylic oxidation sites excluding steroid dienone is 1. The summed E-state index contributed by atoms with van der Waals surface area (Å²) in [6.07, 6.45) is 1.89. The largest absolute Gasteiger partial charge is 0.488 e. The molecule has 0 fully saturated rings. The number of nitrogens with zero attached hydrogens (tertiary/aromatic N) is 2. The number of hydrogen-bond donors (Lipinski definition) is 0. The SMILES string of the molecule is CCOC(=O)C1=C(C)N=c2s/c(=C\c3c(OCc4ccc(Br)cc4)ccc4ccccc34)c(=O)n2[C@@H]1c1cccs1. The maximum atomic E-state index is 14.1. The van der Waals surface area contributed by atoms with E-state index in [1.807, 2.05) is 84.3 Å². The molecule has 6 rings (SSSR count). The zero-order valence-electron chi connectivity index (χ0n) is 22.3. The first-order valence-electron chi connectivity index (χ1n) is 13.1. The van der Waals surface area contributed by atoms with Crippen LogP contribution in [0.5, 0.6) is 5.75 Å². The second kappa shape index (κ2) is 11.6. The van der Waals surface area contributed by atoms with Crippen LogP contribution in [0.25, 0.3) is 16.8 Å². The number of carbonyl (C=O) groups excluding carboxylic acids is 1. The quantitative estimate of drug-likeness (QED) is 0.194. The Kier molecular flexibility index (Phi) is 7.75. The van der Waals surface area contributed by atoms with Gasteiger partial charge >= 0.3 is 5.97 Å². The molecular weight excluding hydrogens is 620 g/mol. The fraction of sp³-hybridized carbons (Fsp3) is 0.156. The van der Waals surface area contributed by atoms with Crippen molar-refractivity contribution in [2.75, 3.05) is 6.61 Å². The number of fused-ring (bicyclic) bond motifs is 2. The lowest BCUT2D eigenvalue weighted by Crippen LogP contribution is -2.39. The Hall–Kier alpha value is -3.79. The highest BCUT2D eigenvalue weighted by Crippen LogP contribution is 2.33. The lowest BCUT2D eigenvalue weighted by molar-refractivity contribution is -0.139. The van der Waals surface area contributed by atoms with Crippen LogP contribution in [0.2, 0.25) is 0 Å². The summed E-state index contributed by atoms with van der Waals surface area (Å²) in [5, 5.41) is 3.96. The summed E-state index contributed by atoms with van der Waals surface area (Å²) in [6, 6.07) is 23.2. The van der Waals surface area contributed by atoms with Crippen LogP contribution in [-0.2, 0) is 16.1 Å². The van der Waals surface area contributed by atoms with Gasteiger partial charge in [0.1, 0.15) is 18.4 Å². The topological polar surface area (TPSA) is 69.9 Å². The second-order valence-corrected chi connectivity index (χ2v) is 12.3. The fourth-order valence-electron chi connectivity index (χ4n) is 4.93. The van der Waals surface area contributed by atoms with Crippen molar-refractivity contribution in [2.45, 2.75) is 26.5 Å². The zero-order valence-corrected chi connectivity index (χ0v) is 25.5. The molecule has 1 aliphatic heterocycles. The van der Waals surface area contributed by atoms with E-state index in [2.05, 4.69) is 15.9 Å². The summed E-state index contributed by atoms with van der Waals surface area (Å²) in [4.78, 5) is 33.2. The van der Waals surface area contributed by atoms with Crippen molar-refractivity contribution >= 4 is 61.4 Å². The molecule has 9 heteroatoms. The smallest absolute Gasteiger partial charge is 0.338 e. The van der Waals surface area contributed by atoms with Gasteiger partial charge in [-0.3, -0.25) is 9.36 Å². The Morgan fingerprint density at radius 1 is 1.07 bits per heavy atom. The molecule has 41 heavy (non-hydrogen) atoms. The molecule has 3 heterocycles. The van der Waals surface area contributed by atoms with Gasteiger partial charge < -0.3 is 9.47 Å². The first-order valence-corrected chi connectivity index (χ1v) is 15.6. The molecule has 0 spiro atoms. The number of thiophene rings is 1. The van der Waals surface area contributed by atoms with Crippen molar-refractivity contribution < 1.29 is 14.3 Å². The van der Waals surface area contributed by atoms with Crippen LogP contribution in [0, 0.1) is 0 Å². The molecular formula is C32H25BrN2O4S2. The summed E-state index contributed by atoms with van der Waals surface area (Å²) in [7, 11) is 0. The van der Waals surface area contributed by atoms with Gasteiger partial charge in [-0.2, -0.15) is 0 Å². The van der Waals surface area contributed by atoms with Gasteiger partial charge in [0.15, 0.2) is 4.80 Å². The first-order chi connectivity index (χ1) is 19.9. The molecule has 2 aromatic heterocycles. The summed E-state index contributed by atoms with van der Waals surface area (Å²) in [5.41, 5.74) is 2.58. The maximum Gasteiger partial charge on any atom is 0.338 e. The molecule has 0 aliphatic carbocycles. The van der Waals surface area contributed by atoms with E-state index in [1.54, 1.807) is 18.4 Å². The van der Waals surface area contributed by atoms with Crippen LogP contribution in [0.15, 0.2) is 104 Å². The molecule has 0 unspecified atom stereocenters. The molecule has 0 saturated carbocycles. The van der Waals surface area contributed by atoms with E-state index in [1.165, 1.54) is 22.7 Å². The standard InChI is InChI=1S/C32H25BrN2O4S2/c1-3-38-31(37)28-19(2)34-32-35(29(28)26-9-6-16-40-26)30(36)27(41-32)17-24-23-8-5-4-7-21(23)12-15-25(24)39-18-20-10-13-22(33)14-11-20/h4-17,29H,3,18H2,1-2H3/b27-17-/t29-/m1/s1. The van der Waals surface area contributed by atoms with Crippen molar-refractivity contribution in [3.05, 3.63) is 130 Å². The third-order valence-electron chi connectivity index (χ3n) is 6.84. The monoisotopic (exact) mass is 644 g/mol. The normalized spacial score (nSPS) is 15.1. The Morgan fingerprint density at radius 2 is 1.88 bits per heavy atom. The highest BCUT2D eigenvalue weighted by Gasteiger charge is 2.34. The Balaban J connectivity index is 1.51. The number of benzene rings is 3. The zero-order chi connectivity index (χ0) is 28.5. The minimum atomic E-state index is -0.604. The number of carbonyl (C=O) groups is 1. The minimum absolute atomic E-state index is 0.215. The molecule has 206 valence electrons. The maximum absolute atomic E-state index is 14.1. The molecule has 0 bridgehead atoms. The molecule has 0 amide bonds. The van der Waals surface area contributed by atoms with Crippen LogP contribution >= 0.6 is 38.6 Å². The molecule has 3 aromatic carbocycles. The molecule has 1 aliphatic rings. The lowest BCUT2D eigenvalue weighted by Gasteiger charge is -2.23. The Morgan fingerprint density at radius 3 is 2.63 bits per heavy atom. The average molecular weight is 646 g/mol. The lowest BCUT2D eigenvalue weighted by atomic mass is 10.0. The highest BCUT2D eigenvalue weighted by atomic mass is 79.9. The number of aromatic nitrogens is 1. The second-order valence-electron chi connectivity index (χ2n) is 9.43. The highest BCUT2D eigenvalue weighted by molar-refractivity contribution is 9.10. The van der Waals surface area contributed by atoms with Gasteiger partial charge in [0, 0.05) is 14.9 Å². The van der Waals surface area contributed by atoms with E-state index in [4.69, 9.17) is 14.5 Å². The molecule has 5 aromatic rings. The predicted molar refractivity (Wildman–Crippen MR) is 167 cm³/mol. The average Bonchev–Trinajstić information content (AvgIpc) is 3.61. The number of ether oxygens (including phenoxy) is 2. The van der Waals surface area contributed by atoms with Crippen molar-refractivity contribution in [2.24, 2.45) is 4.99 Å². The van der Waals surface area contributed by atoms with Gasteiger partial charge in [0.2, 0.25) is 0 Å². The number of hydrogen-bond acceptors (Lipinski definition) is 7. The molecule has 0 radical (unpaired) electrons. The summed E-state index contributed by atoms with van der Waals surface area (Å²) in [6.45, 7) is 4.18. The predicted octanol–water partition coefficient (Wildman–Crippen LogP) is 6.35. The van der Waals surface area contributed by atoms with Gasteiger partial charge in [0.25, 0.3) is 5.56 Å². The Labute approximate surface area is 252 Å². The van der Waals surface area contributed by atoms with Gasteiger partial charge in [-0.25, -0.2) is 9.79 Å². The number of esters is 1. The van der Waals surface area contributed by atoms with Gasteiger partial charge in [-0.05, 0) is 65.9 Å². The van der Waals surface area contributed by atoms with Crippen LogP contribution in [0.4, 0.5) is 0 Å². The minimum Gasteiger partial charge on any atom is -0.488 e. The van der Waals surface area contributed by atoms with E-state index in [0.717, 1.165) is 31.2 Å². The van der Waals surface area contributed by atoms with Crippen LogP contribution in [0.1, 0.15) is 35.9 Å². The summed E-state index contributed by atoms with van der Waals surface area (Å²) >= 11 is 6.28. The van der Waals surface area contributed by atoms with Crippen molar-refractivity contribution in [3.8, 4) is 5.75 Å².